The molecule has 158 valence electrons. The largest absolute Gasteiger partial charge is 0.467 e. The Morgan fingerprint density at radius 2 is 2.10 bits per heavy atom. The molecule has 0 saturated carbocycles. The first-order chi connectivity index (χ1) is 14.3. The molecule has 1 aliphatic rings. The van der Waals surface area contributed by atoms with Crippen molar-refractivity contribution in [3.63, 3.8) is 0 Å². The van der Waals surface area contributed by atoms with Gasteiger partial charge in [0.1, 0.15) is 16.6 Å². The average molecular weight is 457 g/mol. The van der Waals surface area contributed by atoms with E-state index in [0.717, 1.165) is 9.58 Å². The Bertz CT molecular complexity index is 1070. The first-order valence-corrected chi connectivity index (χ1v) is 10.5. The Balaban J connectivity index is 1.70. The quantitative estimate of drug-likeness (QED) is 0.488. The number of carbonyl (C=O) groups excluding carboxylic acids is 1. The molecule has 2 aromatic heterocycles. The van der Waals surface area contributed by atoms with Crippen LogP contribution < -0.4 is 10.6 Å². The van der Waals surface area contributed by atoms with Crippen molar-refractivity contribution in [1.29, 1.82) is 0 Å². The molecule has 4 rings (SSSR count). The third kappa shape index (κ3) is 3.77. The summed E-state index contributed by atoms with van der Waals surface area (Å²) in [5.41, 5.74) is 0.232. The third-order valence-corrected chi connectivity index (χ3v) is 5.91. The van der Waals surface area contributed by atoms with Crippen molar-refractivity contribution in [2.75, 3.05) is 16.9 Å². The molecule has 2 N–H and O–H groups in total. The number of halogens is 4. The highest BCUT2D eigenvalue weighted by Crippen LogP contribution is 2.46. The number of nitrogens with one attached hydrogen (secondary N) is 2. The van der Waals surface area contributed by atoms with Gasteiger partial charge < -0.3 is 15.1 Å². The molecular formula is C19H16ClF3N4O2S. The van der Waals surface area contributed by atoms with E-state index >= 15 is 0 Å². The van der Waals surface area contributed by atoms with E-state index in [4.69, 9.17) is 16.0 Å². The lowest BCUT2D eigenvalue weighted by Crippen LogP contribution is -2.35. The Morgan fingerprint density at radius 1 is 1.33 bits per heavy atom. The average Bonchev–Trinajstić information content (AvgIpc) is 3.35. The number of furan rings is 1. The highest BCUT2D eigenvalue weighted by atomic mass is 35.5. The minimum absolute atomic E-state index is 0.0741. The lowest BCUT2D eigenvalue weighted by molar-refractivity contribution is -0.174. The fourth-order valence-electron chi connectivity index (χ4n) is 3.34. The lowest BCUT2D eigenvalue weighted by Gasteiger charge is -2.32. The zero-order valence-electron chi connectivity index (χ0n) is 15.5. The van der Waals surface area contributed by atoms with E-state index in [1.165, 1.54) is 18.0 Å². The van der Waals surface area contributed by atoms with Gasteiger partial charge in [-0.3, -0.25) is 4.79 Å². The molecule has 0 saturated heterocycles. The van der Waals surface area contributed by atoms with Crippen molar-refractivity contribution in [3.8, 4) is 0 Å². The van der Waals surface area contributed by atoms with Crippen molar-refractivity contribution < 1.29 is 22.4 Å². The minimum atomic E-state index is -4.59. The highest BCUT2D eigenvalue weighted by Gasteiger charge is 2.48. The summed E-state index contributed by atoms with van der Waals surface area (Å²) in [6.07, 6.45) is -1.70. The molecule has 0 fully saturated rings. The maximum absolute atomic E-state index is 13.8. The molecule has 3 heterocycles. The first kappa shape index (κ1) is 20.7. The maximum Gasteiger partial charge on any atom is 0.410 e. The van der Waals surface area contributed by atoms with Gasteiger partial charge in [0, 0.05) is 11.3 Å². The summed E-state index contributed by atoms with van der Waals surface area (Å²) in [5.74, 6) is -0.428. The Kier molecular flexibility index (Phi) is 5.46. The Labute approximate surface area is 178 Å². The van der Waals surface area contributed by atoms with Gasteiger partial charge in [0.25, 0.3) is 5.91 Å². The van der Waals surface area contributed by atoms with Crippen LogP contribution in [0.3, 0.4) is 0 Å². The molecule has 3 aromatic rings. The van der Waals surface area contributed by atoms with Crippen LogP contribution in [0.2, 0.25) is 5.02 Å². The number of fused-ring (bicyclic) bond motifs is 1. The van der Waals surface area contributed by atoms with E-state index in [1.807, 2.05) is 18.4 Å². The Hall–Kier alpha value is -2.59. The lowest BCUT2D eigenvalue weighted by atomic mass is 10.0. The SMILES string of the molecule is CSc1ccccc1NC(=O)c1nn2c(c1Cl)N[C@@H](c1ccco1)C[C@H]2C(F)(F)F. The van der Waals surface area contributed by atoms with Crippen LogP contribution in [-0.2, 0) is 0 Å². The van der Waals surface area contributed by atoms with Gasteiger partial charge in [0.2, 0.25) is 0 Å². The third-order valence-electron chi connectivity index (χ3n) is 4.75. The smallest absolute Gasteiger partial charge is 0.410 e. The van der Waals surface area contributed by atoms with E-state index in [1.54, 1.807) is 24.3 Å². The van der Waals surface area contributed by atoms with Gasteiger partial charge in [-0.05, 0) is 30.5 Å². The first-order valence-electron chi connectivity index (χ1n) is 8.88. The zero-order valence-corrected chi connectivity index (χ0v) is 17.1. The standard InChI is InChI=1S/C19H16ClF3N4O2S/c1-30-13-7-3-2-5-10(13)25-18(28)16-15(20)17-24-11(12-6-4-8-29-12)9-14(19(21,22)23)27(17)26-16/h2-8,11,14,24H,9H2,1H3,(H,25,28)/t11-,14+/m1/s1. The number of amides is 1. The van der Waals surface area contributed by atoms with Gasteiger partial charge >= 0.3 is 6.18 Å². The van der Waals surface area contributed by atoms with Gasteiger partial charge in [-0.2, -0.15) is 18.3 Å². The molecule has 11 heteroatoms. The summed E-state index contributed by atoms with van der Waals surface area (Å²) in [7, 11) is 0. The molecular weight excluding hydrogens is 441 g/mol. The second-order valence-electron chi connectivity index (χ2n) is 6.62. The normalized spacial score (nSPS) is 18.6. The number of rotatable bonds is 4. The van der Waals surface area contributed by atoms with E-state index < -0.39 is 24.2 Å². The summed E-state index contributed by atoms with van der Waals surface area (Å²) in [5, 5.41) is 9.33. The predicted octanol–water partition coefficient (Wildman–Crippen LogP) is 5.76. The van der Waals surface area contributed by atoms with E-state index in [9.17, 15) is 18.0 Å². The fraction of sp³-hybridized carbons (Fsp3) is 0.263. The number of aromatic nitrogens is 2. The van der Waals surface area contributed by atoms with Crippen LogP contribution in [0.1, 0.15) is 34.8 Å². The number of anilines is 2. The number of nitrogens with zero attached hydrogens (tertiary/aromatic N) is 2. The predicted molar refractivity (Wildman–Crippen MR) is 108 cm³/mol. The van der Waals surface area contributed by atoms with E-state index in [-0.39, 0.29) is 23.0 Å². The highest BCUT2D eigenvalue weighted by molar-refractivity contribution is 7.98. The van der Waals surface area contributed by atoms with Crippen LogP contribution in [0.4, 0.5) is 24.7 Å². The van der Waals surface area contributed by atoms with Gasteiger partial charge in [-0.15, -0.1) is 11.8 Å². The van der Waals surface area contributed by atoms with Crippen LogP contribution in [0, 0.1) is 0 Å². The molecule has 1 aliphatic heterocycles. The molecule has 0 bridgehead atoms. The molecule has 6 nitrogen and oxygen atoms in total. The second kappa shape index (κ2) is 7.92. The van der Waals surface area contributed by atoms with Crippen LogP contribution in [0.15, 0.2) is 52.0 Å². The number of hydrogen-bond acceptors (Lipinski definition) is 5. The number of thioether (sulfide) groups is 1. The molecule has 2 atom stereocenters. The molecule has 0 radical (unpaired) electrons. The molecule has 30 heavy (non-hydrogen) atoms. The number of benzene rings is 1. The summed E-state index contributed by atoms with van der Waals surface area (Å²) < 4.78 is 47.3. The van der Waals surface area contributed by atoms with Crippen LogP contribution in [0.25, 0.3) is 0 Å². The van der Waals surface area contributed by atoms with Gasteiger partial charge in [-0.25, -0.2) is 4.68 Å². The van der Waals surface area contributed by atoms with Crippen molar-refractivity contribution in [1.82, 2.24) is 9.78 Å². The van der Waals surface area contributed by atoms with Gasteiger partial charge in [0.15, 0.2) is 11.7 Å². The number of alkyl halides is 3. The summed E-state index contributed by atoms with van der Waals surface area (Å²) >= 11 is 7.73. The van der Waals surface area contributed by atoms with E-state index in [0.29, 0.717) is 11.4 Å². The summed E-state index contributed by atoms with van der Waals surface area (Å²) in [4.78, 5) is 13.6. The van der Waals surface area contributed by atoms with Crippen LogP contribution in [-0.4, -0.2) is 28.1 Å². The number of para-hydroxylation sites is 1. The molecule has 1 amide bonds. The van der Waals surface area contributed by atoms with Gasteiger partial charge in [-0.1, -0.05) is 23.7 Å². The Morgan fingerprint density at radius 3 is 2.77 bits per heavy atom. The minimum Gasteiger partial charge on any atom is -0.467 e. The number of hydrogen-bond donors (Lipinski definition) is 2. The van der Waals surface area contributed by atoms with Crippen molar-refractivity contribution in [2.45, 2.75) is 29.6 Å². The molecule has 0 spiro atoms. The molecule has 0 unspecified atom stereocenters. The topological polar surface area (TPSA) is 72.1 Å². The van der Waals surface area contributed by atoms with Crippen molar-refractivity contribution in [2.24, 2.45) is 0 Å². The summed E-state index contributed by atoms with van der Waals surface area (Å²) in [6.45, 7) is 0. The fourth-order valence-corrected chi connectivity index (χ4v) is 4.16. The molecule has 0 aliphatic carbocycles. The van der Waals surface area contributed by atoms with Gasteiger partial charge in [0.05, 0.1) is 18.0 Å². The summed E-state index contributed by atoms with van der Waals surface area (Å²) in [6, 6.07) is 7.52. The maximum atomic E-state index is 13.8. The second-order valence-corrected chi connectivity index (χ2v) is 7.84. The zero-order chi connectivity index (χ0) is 21.5. The number of carbonyl (C=O) groups is 1. The van der Waals surface area contributed by atoms with Crippen LogP contribution in [0.5, 0.6) is 0 Å². The molecule has 1 aromatic carbocycles. The van der Waals surface area contributed by atoms with E-state index in [2.05, 4.69) is 15.7 Å². The monoisotopic (exact) mass is 456 g/mol. The van der Waals surface area contributed by atoms with Crippen molar-refractivity contribution >= 4 is 40.8 Å². The van der Waals surface area contributed by atoms with Crippen LogP contribution >= 0.6 is 23.4 Å². The van der Waals surface area contributed by atoms with Crippen molar-refractivity contribution in [3.05, 3.63) is 59.1 Å².